The van der Waals surface area contributed by atoms with E-state index < -0.39 is 29.1 Å². The number of aryl methyl sites for hydroxylation is 1. The molecule has 0 spiro atoms. The topological polar surface area (TPSA) is 52.1 Å². The lowest BCUT2D eigenvalue weighted by Gasteiger charge is -2.40. The molecule has 7 heteroatoms. The van der Waals surface area contributed by atoms with Gasteiger partial charge in [-0.15, -0.1) is 0 Å². The van der Waals surface area contributed by atoms with Crippen molar-refractivity contribution in [2.24, 2.45) is 11.3 Å². The maximum atomic E-state index is 13.8. The number of alkyl halides is 3. The molecule has 0 aliphatic heterocycles. The van der Waals surface area contributed by atoms with Crippen LogP contribution in [0.4, 0.5) is 13.2 Å². The summed E-state index contributed by atoms with van der Waals surface area (Å²) in [7, 11) is 0. The third-order valence-corrected chi connectivity index (χ3v) is 4.25. The van der Waals surface area contributed by atoms with Gasteiger partial charge in [-0.3, -0.25) is 4.79 Å². The summed E-state index contributed by atoms with van der Waals surface area (Å²) >= 11 is 0. The van der Waals surface area contributed by atoms with Crippen LogP contribution in [0.3, 0.4) is 0 Å². The van der Waals surface area contributed by atoms with E-state index in [0.717, 1.165) is 6.08 Å². The predicted molar refractivity (Wildman–Crippen MR) is 91.2 cm³/mol. The van der Waals surface area contributed by atoms with Gasteiger partial charge in [0.25, 0.3) is 0 Å². The molecule has 0 bridgehead atoms. The Bertz CT molecular complexity index is 720. The van der Waals surface area contributed by atoms with Crippen molar-refractivity contribution in [1.29, 1.82) is 0 Å². The number of rotatable bonds is 4. The van der Waals surface area contributed by atoms with Crippen molar-refractivity contribution in [3.63, 3.8) is 0 Å². The first-order chi connectivity index (χ1) is 12.0. The SMILES string of the molecule is CCc1ncncc1CC1(OC(=O)C(C)(C)C)C=CC=CC1C(F)(F)F. The van der Waals surface area contributed by atoms with Gasteiger partial charge in [0.1, 0.15) is 17.8 Å². The zero-order valence-corrected chi connectivity index (χ0v) is 15.3. The van der Waals surface area contributed by atoms with Crippen molar-refractivity contribution in [2.75, 3.05) is 0 Å². The normalized spacial score (nSPS) is 23.1. The second-order valence-corrected chi connectivity index (χ2v) is 7.38. The van der Waals surface area contributed by atoms with Crippen molar-refractivity contribution in [1.82, 2.24) is 9.97 Å². The molecule has 0 aromatic carbocycles. The van der Waals surface area contributed by atoms with E-state index in [1.807, 2.05) is 6.92 Å². The summed E-state index contributed by atoms with van der Waals surface area (Å²) in [5, 5.41) is 0. The van der Waals surface area contributed by atoms with Crippen LogP contribution < -0.4 is 0 Å². The summed E-state index contributed by atoms with van der Waals surface area (Å²) in [6.45, 7) is 6.68. The molecule has 0 saturated carbocycles. The van der Waals surface area contributed by atoms with Crippen LogP contribution in [0.1, 0.15) is 39.0 Å². The number of nitrogens with zero attached hydrogens (tertiary/aromatic N) is 2. The van der Waals surface area contributed by atoms with Gasteiger partial charge in [-0.25, -0.2) is 9.97 Å². The summed E-state index contributed by atoms with van der Waals surface area (Å²) in [4.78, 5) is 20.5. The maximum absolute atomic E-state index is 13.8. The lowest BCUT2D eigenvalue weighted by atomic mass is 9.78. The molecular formula is C19H23F3N2O2. The molecular weight excluding hydrogens is 345 g/mol. The van der Waals surface area contributed by atoms with Crippen LogP contribution in [0.15, 0.2) is 36.8 Å². The quantitative estimate of drug-likeness (QED) is 0.747. The average molecular weight is 368 g/mol. The second-order valence-electron chi connectivity index (χ2n) is 7.38. The van der Waals surface area contributed by atoms with E-state index in [0.29, 0.717) is 17.7 Å². The van der Waals surface area contributed by atoms with E-state index in [-0.39, 0.29) is 6.42 Å². The van der Waals surface area contributed by atoms with Gasteiger partial charge in [-0.05, 0) is 38.8 Å². The van der Waals surface area contributed by atoms with Crippen LogP contribution in [-0.4, -0.2) is 27.7 Å². The number of halogens is 3. The minimum absolute atomic E-state index is 0.149. The van der Waals surface area contributed by atoms with Crippen LogP contribution in [0, 0.1) is 11.3 Å². The number of aromatic nitrogens is 2. The molecule has 0 fully saturated rings. The fourth-order valence-corrected chi connectivity index (χ4v) is 2.82. The minimum Gasteiger partial charge on any atom is -0.453 e. The highest BCUT2D eigenvalue weighted by molar-refractivity contribution is 5.76. The van der Waals surface area contributed by atoms with Crippen molar-refractivity contribution < 1.29 is 22.7 Å². The van der Waals surface area contributed by atoms with E-state index in [2.05, 4.69) is 9.97 Å². The van der Waals surface area contributed by atoms with Crippen molar-refractivity contribution in [3.05, 3.63) is 48.1 Å². The Morgan fingerprint density at radius 1 is 1.27 bits per heavy atom. The first-order valence-electron chi connectivity index (χ1n) is 8.43. The van der Waals surface area contributed by atoms with E-state index in [9.17, 15) is 18.0 Å². The highest BCUT2D eigenvalue weighted by atomic mass is 19.4. The van der Waals surface area contributed by atoms with Gasteiger partial charge < -0.3 is 4.74 Å². The highest BCUT2D eigenvalue weighted by Gasteiger charge is 2.55. The van der Waals surface area contributed by atoms with Crippen LogP contribution in [0.25, 0.3) is 0 Å². The molecule has 26 heavy (non-hydrogen) atoms. The number of esters is 1. The Hall–Kier alpha value is -2.18. The van der Waals surface area contributed by atoms with Crippen LogP contribution in [0.5, 0.6) is 0 Å². The van der Waals surface area contributed by atoms with Gasteiger partial charge >= 0.3 is 12.1 Å². The standard InChI is InChI=1S/C19H23F3N2O2/c1-5-14-13(11-23-12-24-14)10-18(26-16(25)17(2,3)4)9-7-6-8-15(18)19(20,21)22/h6-9,11-12,15H,5,10H2,1-4H3. The lowest BCUT2D eigenvalue weighted by Crippen LogP contribution is -2.51. The Labute approximate surface area is 151 Å². The van der Waals surface area contributed by atoms with Crippen molar-refractivity contribution >= 4 is 5.97 Å². The fourth-order valence-electron chi connectivity index (χ4n) is 2.82. The molecule has 1 heterocycles. The minimum atomic E-state index is -4.57. The van der Waals surface area contributed by atoms with Crippen LogP contribution in [0.2, 0.25) is 0 Å². The summed E-state index contributed by atoms with van der Waals surface area (Å²) < 4.78 is 46.8. The van der Waals surface area contributed by atoms with Crippen molar-refractivity contribution in [3.8, 4) is 0 Å². The monoisotopic (exact) mass is 368 g/mol. The average Bonchev–Trinajstić information content (AvgIpc) is 2.53. The zero-order valence-electron chi connectivity index (χ0n) is 15.3. The molecule has 1 aliphatic rings. The Morgan fingerprint density at radius 2 is 1.96 bits per heavy atom. The molecule has 1 aromatic rings. The van der Waals surface area contributed by atoms with E-state index in [1.165, 1.54) is 30.8 Å². The molecule has 2 unspecified atom stereocenters. The third kappa shape index (κ3) is 4.31. The Morgan fingerprint density at radius 3 is 2.54 bits per heavy atom. The van der Waals surface area contributed by atoms with E-state index in [4.69, 9.17) is 4.74 Å². The molecule has 2 rings (SSSR count). The first-order valence-corrected chi connectivity index (χ1v) is 8.43. The number of carbonyl (C=O) groups is 1. The smallest absolute Gasteiger partial charge is 0.399 e. The Balaban J connectivity index is 2.53. The predicted octanol–water partition coefficient (Wildman–Crippen LogP) is 4.21. The van der Waals surface area contributed by atoms with Gasteiger partial charge in [-0.1, -0.05) is 25.2 Å². The number of hydrogen-bond donors (Lipinski definition) is 0. The molecule has 1 aliphatic carbocycles. The molecule has 142 valence electrons. The Kier molecular flexibility index (Phi) is 5.58. The molecule has 1 aromatic heterocycles. The van der Waals surface area contributed by atoms with Crippen molar-refractivity contribution in [2.45, 2.75) is 52.3 Å². The summed E-state index contributed by atoms with van der Waals surface area (Å²) in [6, 6.07) is 0. The number of hydrogen-bond acceptors (Lipinski definition) is 4. The van der Waals surface area contributed by atoms with Crippen LogP contribution in [-0.2, 0) is 22.4 Å². The fraction of sp³-hybridized carbons (Fsp3) is 0.526. The molecule has 0 N–H and O–H groups in total. The van der Waals surface area contributed by atoms with Gasteiger partial charge in [-0.2, -0.15) is 13.2 Å². The molecule has 0 radical (unpaired) electrons. The van der Waals surface area contributed by atoms with E-state index >= 15 is 0 Å². The first kappa shape index (κ1) is 20.1. The third-order valence-electron chi connectivity index (χ3n) is 4.25. The van der Waals surface area contributed by atoms with Gasteiger partial charge in [0.05, 0.1) is 5.41 Å². The summed E-state index contributed by atoms with van der Waals surface area (Å²) in [5.74, 6) is -2.64. The molecule has 0 amide bonds. The zero-order chi connectivity index (χ0) is 19.6. The molecule has 0 saturated heterocycles. The highest BCUT2D eigenvalue weighted by Crippen LogP contribution is 2.43. The number of ether oxygens (including phenoxy) is 1. The number of carbonyl (C=O) groups excluding carboxylic acids is 1. The molecule has 2 atom stereocenters. The van der Waals surface area contributed by atoms with Crippen LogP contribution >= 0.6 is 0 Å². The van der Waals surface area contributed by atoms with E-state index in [1.54, 1.807) is 20.8 Å². The largest absolute Gasteiger partial charge is 0.453 e. The number of allylic oxidation sites excluding steroid dienone is 2. The van der Waals surface area contributed by atoms with Gasteiger partial charge in [0.2, 0.25) is 0 Å². The lowest BCUT2D eigenvalue weighted by molar-refractivity contribution is -0.216. The molecule has 4 nitrogen and oxygen atoms in total. The second kappa shape index (κ2) is 7.21. The van der Waals surface area contributed by atoms with Gasteiger partial charge in [0, 0.05) is 18.3 Å². The maximum Gasteiger partial charge on any atom is 0.399 e. The summed E-state index contributed by atoms with van der Waals surface area (Å²) in [6.07, 6.45) is 3.82. The summed E-state index contributed by atoms with van der Waals surface area (Å²) in [5.41, 5.74) is -1.63. The van der Waals surface area contributed by atoms with Gasteiger partial charge in [0.15, 0.2) is 0 Å².